The zero-order valence-corrected chi connectivity index (χ0v) is 10.1. The third-order valence-electron chi connectivity index (χ3n) is 3.94. The molecule has 2 aliphatic rings. The Hall–Kier alpha value is -0.870. The molecule has 1 fully saturated rings. The van der Waals surface area contributed by atoms with Gasteiger partial charge in [0.1, 0.15) is 11.9 Å². The second-order valence-electron chi connectivity index (χ2n) is 5.16. The lowest BCUT2D eigenvalue weighted by molar-refractivity contribution is 0.00608. The molecule has 0 saturated carbocycles. The molecule has 4 heteroatoms. The van der Waals surface area contributed by atoms with Gasteiger partial charge in [0.15, 0.2) is 0 Å². The Morgan fingerprint density at radius 1 is 1.41 bits per heavy atom. The van der Waals surface area contributed by atoms with Crippen molar-refractivity contribution in [1.82, 2.24) is 9.55 Å². The van der Waals surface area contributed by atoms with Crippen LogP contribution in [0.1, 0.15) is 43.3 Å². The first kappa shape index (κ1) is 11.2. The number of imidazole rings is 1. The van der Waals surface area contributed by atoms with Crippen molar-refractivity contribution < 1.29 is 9.84 Å². The van der Waals surface area contributed by atoms with Gasteiger partial charge < -0.3 is 14.4 Å². The Labute approximate surface area is 102 Å². The summed E-state index contributed by atoms with van der Waals surface area (Å²) in [6, 6.07) is 0. The van der Waals surface area contributed by atoms with Crippen molar-refractivity contribution in [2.24, 2.45) is 5.92 Å². The van der Waals surface area contributed by atoms with Crippen LogP contribution in [0.15, 0.2) is 6.20 Å². The number of ether oxygens (including phenoxy) is 1. The van der Waals surface area contributed by atoms with Gasteiger partial charge in [-0.3, -0.25) is 0 Å². The summed E-state index contributed by atoms with van der Waals surface area (Å²) in [6.45, 7) is 2.04. The Bertz CT molecular complexity index is 383. The van der Waals surface area contributed by atoms with E-state index in [9.17, 15) is 5.11 Å². The van der Waals surface area contributed by atoms with E-state index in [-0.39, 0.29) is 12.7 Å². The molecule has 1 saturated heterocycles. The first-order valence-electron chi connectivity index (χ1n) is 6.65. The molecule has 3 heterocycles. The average Bonchev–Trinajstić information content (AvgIpc) is 2.82. The highest BCUT2D eigenvalue weighted by Gasteiger charge is 2.26. The average molecular weight is 236 g/mol. The van der Waals surface area contributed by atoms with Gasteiger partial charge in [0.25, 0.3) is 0 Å². The second kappa shape index (κ2) is 4.78. The van der Waals surface area contributed by atoms with Crippen LogP contribution in [0.3, 0.4) is 0 Å². The predicted molar refractivity (Wildman–Crippen MR) is 63.7 cm³/mol. The van der Waals surface area contributed by atoms with Crippen LogP contribution in [-0.4, -0.2) is 27.9 Å². The van der Waals surface area contributed by atoms with Gasteiger partial charge in [-0.25, -0.2) is 4.98 Å². The topological polar surface area (TPSA) is 47.3 Å². The molecule has 4 nitrogen and oxygen atoms in total. The van der Waals surface area contributed by atoms with Gasteiger partial charge >= 0.3 is 0 Å². The summed E-state index contributed by atoms with van der Waals surface area (Å²) in [5.74, 6) is 1.47. The van der Waals surface area contributed by atoms with Crippen molar-refractivity contribution in [1.29, 1.82) is 0 Å². The molecule has 17 heavy (non-hydrogen) atoms. The minimum atomic E-state index is 0.176. The van der Waals surface area contributed by atoms with Crippen LogP contribution >= 0.6 is 0 Å². The van der Waals surface area contributed by atoms with Gasteiger partial charge in [-0.05, 0) is 32.1 Å². The van der Waals surface area contributed by atoms with Crippen LogP contribution in [0.4, 0.5) is 0 Å². The molecule has 0 aromatic carbocycles. The van der Waals surface area contributed by atoms with Gasteiger partial charge in [-0.15, -0.1) is 0 Å². The molecule has 0 aliphatic carbocycles. The molecule has 3 rings (SSSR count). The van der Waals surface area contributed by atoms with Gasteiger partial charge in [0, 0.05) is 37.6 Å². The van der Waals surface area contributed by atoms with E-state index in [0.717, 1.165) is 38.2 Å². The molecule has 1 aromatic heterocycles. The molecule has 1 aromatic rings. The third kappa shape index (κ3) is 2.11. The van der Waals surface area contributed by atoms with Crippen LogP contribution in [0.25, 0.3) is 0 Å². The monoisotopic (exact) mass is 236 g/mol. The predicted octanol–water partition coefficient (Wildman–Crippen LogP) is 1.68. The molecule has 2 atom stereocenters. The summed E-state index contributed by atoms with van der Waals surface area (Å²) >= 11 is 0. The van der Waals surface area contributed by atoms with Crippen molar-refractivity contribution in [2.75, 3.05) is 13.2 Å². The number of hydrogen-bond donors (Lipinski definition) is 1. The van der Waals surface area contributed by atoms with E-state index in [4.69, 9.17) is 4.74 Å². The van der Waals surface area contributed by atoms with Gasteiger partial charge in [0.05, 0.1) is 0 Å². The highest BCUT2D eigenvalue weighted by molar-refractivity contribution is 5.11. The Morgan fingerprint density at radius 2 is 2.35 bits per heavy atom. The van der Waals surface area contributed by atoms with Gasteiger partial charge in [-0.2, -0.15) is 0 Å². The molecule has 1 N–H and O–H groups in total. The Morgan fingerprint density at radius 3 is 3.12 bits per heavy atom. The number of aliphatic hydroxyl groups is 1. The molecule has 2 unspecified atom stereocenters. The molecule has 0 bridgehead atoms. The molecule has 0 radical (unpaired) electrons. The van der Waals surface area contributed by atoms with Crippen molar-refractivity contribution in [3.05, 3.63) is 17.7 Å². The molecule has 94 valence electrons. The molecule has 0 amide bonds. The fraction of sp³-hybridized carbons (Fsp3) is 0.769. The van der Waals surface area contributed by atoms with E-state index < -0.39 is 0 Å². The van der Waals surface area contributed by atoms with E-state index in [2.05, 4.69) is 9.55 Å². The molecule has 2 aliphatic heterocycles. The highest BCUT2D eigenvalue weighted by Crippen LogP contribution is 2.30. The number of rotatable bonds is 2. The number of hydrogen-bond acceptors (Lipinski definition) is 3. The normalized spacial score (nSPS) is 29.0. The van der Waals surface area contributed by atoms with Gasteiger partial charge in [-0.1, -0.05) is 0 Å². The molecular formula is C13H20N2O2. The maximum absolute atomic E-state index is 9.29. The molecule has 0 spiro atoms. The summed E-state index contributed by atoms with van der Waals surface area (Å²) in [6.07, 6.45) is 7.76. The van der Waals surface area contributed by atoms with E-state index in [1.54, 1.807) is 0 Å². The summed E-state index contributed by atoms with van der Waals surface area (Å²) < 4.78 is 8.09. The van der Waals surface area contributed by atoms with Crippen molar-refractivity contribution >= 4 is 0 Å². The van der Waals surface area contributed by atoms with Crippen LogP contribution in [0.5, 0.6) is 0 Å². The minimum Gasteiger partial charge on any atom is -0.396 e. The lowest BCUT2D eigenvalue weighted by Crippen LogP contribution is -2.26. The van der Waals surface area contributed by atoms with Crippen molar-refractivity contribution in [3.8, 4) is 0 Å². The number of nitrogens with zero attached hydrogens (tertiary/aromatic N) is 2. The lowest BCUT2D eigenvalue weighted by atomic mass is 9.98. The summed E-state index contributed by atoms with van der Waals surface area (Å²) in [5.41, 5.74) is 1.30. The third-order valence-corrected chi connectivity index (χ3v) is 3.94. The van der Waals surface area contributed by atoms with E-state index in [1.165, 1.54) is 18.5 Å². The first-order chi connectivity index (χ1) is 8.38. The zero-order valence-electron chi connectivity index (χ0n) is 10.1. The Balaban J connectivity index is 1.83. The van der Waals surface area contributed by atoms with Crippen molar-refractivity contribution in [2.45, 2.75) is 44.8 Å². The highest BCUT2D eigenvalue weighted by atomic mass is 16.5. The van der Waals surface area contributed by atoms with Crippen LogP contribution in [-0.2, 0) is 17.7 Å². The fourth-order valence-corrected chi connectivity index (χ4v) is 2.89. The van der Waals surface area contributed by atoms with E-state index >= 15 is 0 Å². The maximum atomic E-state index is 9.29. The SMILES string of the molecule is OCC1CCc2cnc(C3CCCCO3)n2C1. The Kier molecular flexibility index (Phi) is 3.16. The van der Waals surface area contributed by atoms with Gasteiger partial charge in [0.2, 0.25) is 0 Å². The van der Waals surface area contributed by atoms with E-state index in [0.29, 0.717) is 5.92 Å². The fourth-order valence-electron chi connectivity index (χ4n) is 2.89. The van der Waals surface area contributed by atoms with E-state index in [1.807, 2.05) is 6.20 Å². The standard InChI is InChI=1S/C13H20N2O2/c16-9-10-4-5-11-7-14-13(15(11)8-10)12-3-1-2-6-17-12/h7,10,12,16H,1-6,8-9H2. The van der Waals surface area contributed by atoms with Crippen LogP contribution in [0.2, 0.25) is 0 Å². The van der Waals surface area contributed by atoms with Crippen molar-refractivity contribution in [3.63, 3.8) is 0 Å². The number of aryl methyl sites for hydroxylation is 1. The maximum Gasteiger partial charge on any atom is 0.138 e. The quantitative estimate of drug-likeness (QED) is 0.850. The van der Waals surface area contributed by atoms with Crippen LogP contribution < -0.4 is 0 Å². The minimum absolute atomic E-state index is 0.176. The first-order valence-corrected chi connectivity index (χ1v) is 6.65. The smallest absolute Gasteiger partial charge is 0.138 e. The van der Waals surface area contributed by atoms with Crippen LogP contribution in [0, 0.1) is 5.92 Å². The lowest BCUT2D eigenvalue weighted by Gasteiger charge is -2.28. The number of aliphatic hydroxyl groups excluding tert-OH is 1. The zero-order chi connectivity index (χ0) is 11.7. The molecular weight excluding hydrogens is 216 g/mol. The number of fused-ring (bicyclic) bond motifs is 1. The second-order valence-corrected chi connectivity index (χ2v) is 5.16. The summed E-state index contributed by atoms with van der Waals surface area (Å²) in [5, 5.41) is 9.29. The summed E-state index contributed by atoms with van der Waals surface area (Å²) in [7, 11) is 0. The number of aromatic nitrogens is 2. The largest absolute Gasteiger partial charge is 0.396 e. The summed E-state index contributed by atoms with van der Waals surface area (Å²) in [4.78, 5) is 4.55.